The maximum atomic E-state index is 13.8. The van der Waals surface area contributed by atoms with Crippen LogP contribution in [0.2, 0.25) is 0 Å². The van der Waals surface area contributed by atoms with E-state index in [1.807, 2.05) is 43.3 Å². The van der Waals surface area contributed by atoms with Gasteiger partial charge in [0.15, 0.2) is 0 Å². The van der Waals surface area contributed by atoms with Crippen molar-refractivity contribution in [1.29, 1.82) is 0 Å². The van der Waals surface area contributed by atoms with Crippen LogP contribution in [-0.4, -0.2) is 29.4 Å². The van der Waals surface area contributed by atoms with Crippen LogP contribution < -0.4 is 5.32 Å². The molecule has 0 unspecified atom stereocenters. The van der Waals surface area contributed by atoms with E-state index >= 15 is 0 Å². The van der Waals surface area contributed by atoms with Gasteiger partial charge in [0.05, 0.1) is 6.21 Å². The molecule has 0 aliphatic heterocycles. The van der Waals surface area contributed by atoms with Gasteiger partial charge in [-0.3, -0.25) is 9.89 Å². The van der Waals surface area contributed by atoms with E-state index in [0.29, 0.717) is 11.4 Å². The Labute approximate surface area is 156 Å². The van der Waals surface area contributed by atoms with Gasteiger partial charge in [0, 0.05) is 16.9 Å². The lowest BCUT2D eigenvalue weighted by Crippen LogP contribution is -2.14. The quantitative estimate of drug-likeness (QED) is 0.528. The van der Waals surface area contributed by atoms with Crippen LogP contribution in [0.5, 0.6) is 0 Å². The van der Waals surface area contributed by atoms with Crippen molar-refractivity contribution < 1.29 is 14.0 Å². The fourth-order valence-corrected chi connectivity index (χ4v) is 2.86. The van der Waals surface area contributed by atoms with Crippen LogP contribution in [0.25, 0.3) is 11.1 Å². The molecule has 6 nitrogen and oxygen atoms in total. The van der Waals surface area contributed by atoms with E-state index < -0.39 is 11.9 Å². The predicted molar refractivity (Wildman–Crippen MR) is 102 cm³/mol. The number of anilines is 1. The first-order chi connectivity index (χ1) is 13.0. The SMILES string of the molecule is CO/N=C/c1ccc(-c2ccccc2NC(=O)c2c(F)n[nH]c2C)c(C)c1. The molecule has 0 spiro atoms. The van der Waals surface area contributed by atoms with Gasteiger partial charge in [-0.15, -0.1) is 5.10 Å². The molecule has 138 valence electrons. The summed E-state index contributed by atoms with van der Waals surface area (Å²) in [4.78, 5) is 17.2. The first-order valence-corrected chi connectivity index (χ1v) is 8.29. The Kier molecular flexibility index (Phi) is 5.30. The number of carbonyl (C=O) groups is 1. The molecule has 0 saturated carbocycles. The zero-order chi connectivity index (χ0) is 19.4. The number of para-hydroxylation sites is 1. The smallest absolute Gasteiger partial charge is 0.262 e. The predicted octanol–water partition coefficient (Wildman–Crippen LogP) is 4.07. The summed E-state index contributed by atoms with van der Waals surface area (Å²) in [5.41, 5.74) is 4.56. The molecule has 0 radical (unpaired) electrons. The molecular weight excluding hydrogens is 347 g/mol. The minimum atomic E-state index is -0.819. The van der Waals surface area contributed by atoms with Crippen LogP contribution in [0.4, 0.5) is 10.1 Å². The van der Waals surface area contributed by atoms with Gasteiger partial charge in [-0.25, -0.2) is 0 Å². The number of nitrogens with one attached hydrogen (secondary N) is 2. The van der Waals surface area contributed by atoms with Crippen LogP contribution in [0.1, 0.15) is 27.2 Å². The van der Waals surface area contributed by atoms with Gasteiger partial charge < -0.3 is 10.2 Å². The summed E-state index contributed by atoms with van der Waals surface area (Å²) in [5.74, 6) is -1.37. The molecule has 1 amide bonds. The fraction of sp³-hybridized carbons (Fsp3) is 0.150. The largest absolute Gasteiger partial charge is 0.399 e. The second-order valence-electron chi connectivity index (χ2n) is 6.01. The number of halogens is 1. The van der Waals surface area contributed by atoms with E-state index in [-0.39, 0.29) is 5.56 Å². The number of aromatic nitrogens is 2. The molecule has 0 fully saturated rings. The Hall–Kier alpha value is -3.48. The highest BCUT2D eigenvalue weighted by molar-refractivity contribution is 6.07. The van der Waals surface area contributed by atoms with E-state index in [2.05, 4.69) is 20.7 Å². The minimum absolute atomic E-state index is 0.0901. The van der Waals surface area contributed by atoms with Crippen LogP contribution >= 0.6 is 0 Å². The average molecular weight is 366 g/mol. The number of amides is 1. The molecule has 0 atom stereocenters. The summed E-state index contributed by atoms with van der Waals surface area (Å²) in [6.45, 7) is 3.57. The lowest BCUT2D eigenvalue weighted by molar-refractivity contribution is 0.102. The molecule has 0 aliphatic rings. The molecule has 7 heteroatoms. The van der Waals surface area contributed by atoms with Crippen molar-refractivity contribution in [3.63, 3.8) is 0 Å². The van der Waals surface area contributed by atoms with Gasteiger partial charge in [0.2, 0.25) is 5.95 Å². The number of benzene rings is 2. The highest BCUT2D eigenvalue weighted by Gasteiger charge is 2.19. The van der Waals surface area contributed by atoms with E-state index in [1.54, 1.807) is 19.2 Å². The number of oxime groups is 1. The lowest BCUT2D eigenvalue weighted by atomic mass is 9.97. The number of hydrogen-bond acceptors (Lipinski definition) is 4. The zero-order valence-corrected chi connectivity index (χ0v) is 15.2. The number of hydrogen-bond donors (Lipinski definition) is 2. The number of aryl methyl sites for hydroxylation is 2. The van der Waals surface area contributed by atoms with Crippen molar-refractivity contribution in [2.75, 3.05) is 12.4 Å². The van der Waals surface area contributed by atoms with Crippen molar-refractivity contribution in [3.8, 4) is 11.1 Å². The standard InChI is InChI=1S/C20H19FN4O2/c1-12-10-14(11-22-27-3)8-9-15(12)16-6-4-5-7-17(16)23-20(26)18-13(2)24-25-19(18)21/h4-11H,1-3H3,(H,23,26)(H,24,25)/b22-11+. The van der Waals surface area contributed by atoms with E-state index in [9.17, 15) is 9.18 Å². The normalized spacial score (nSPS) is 11.0. The van der Waals surface area contributed by atoms with Crippen LogP contribution in [0, 0.1) is 19.8 Å². The van der Waals surface area contributed by atoms with E-state index in [4.69, 9.17) is 4.84 Å². The van der Waals surface area contributed by atoms with Gasteiger partial charge in [-0.1, -0.05) is 35.5 Å². The molecule has 2 aromatic carbocycles. The van der Waals surface area contributed by atoms with Crippen LogP contribution in [0.3, 0.4) is 0 Å². The number of aromatic amines is 1. The Morgan fingerprint density at radius 1 is 1.22 bits per heavy atom. The van der Waals surface area contributed by atoms with Gasteiger partial charge in [0.25, 0.3) is 5.91 Å². The Balaban J connectivity index is 1.95. The number of H-pyrrole nitrogens is 1. The Morgan fingerprint density at radius 3 is 2.67 bits per heavy atom. The summed E-state index contributed by atoms with van der Waals surface area (Å²) in [5, 5.41) is 12.5. The highest BCUT2D eigenvalue weighted by Crippen LogP contribution is 2.31. The fourth-order valence-electron chi connectivity index (χ4n) is 2.86. The lowest BCUT2D eigenvalue weighted by Gasteiger charge is -2.13. The first kappa shape index (κ1) is 18.3. The van der Waals surface area contributed by atoms with Gasteiger partial charge in [-0.2, -0.15) is 4.39 Å². The molecule has 1 aromatic heterocycles. The second-order valence-corrected chi connectivity index (χ2v) is 6.01. The summed E-state index contributed by atoms with van der Waals surface area (Å²) < 4.78 is 13.8. The molecule has 1 heterocycles. The monoisotopic (exact) mass is 366 g/mol. The average Bonchev–Trinajstić information content (AvgIpc) is 2.99. The summed E-state index contributed by atoms with van der Waals surface area (Å²) in [6.07, 6.45) is 1.62. The minimum Gasteiger partial charge on any atom is -0.399 e. The first-order valence-electron chi connectivity index (χ1n) is 8.29. The molecule has 0 aliphatic carbocycles. The molecule has 0 bridgehead atoms. The molecular formula is C20H19FN4O2. The second kappa shape index (κ2) is 7.82. The van der Waals surface area contributed by atoms with Gasteiger partial charge in [-0.05, 0) is 42.7 Å². The van der Waals surface area contributed by atoms with Crippen molar-refractivity contribution >= 4 is 17.8 Å². The van der Waals surface area contributed by atoms with Crippen molar-refractivity contribution in [2.45, 2.75) is 13.8 Å². The Morgan fingerprint density at radius 2 is 2.00 bits per heavy atom. The summed E-state index contributed by atoms with van der Waals surface area (Å²) in [6, 6.07) is 13.2. The van der Waals surface area contributed by atoms with Crippen molar-refractivity contribution in [1.82, 2.24) is 10.2 Å². The summed E-state index contributed by atoms with van der Waals surface area (Å²) >= 11 is 0. The zero-order valence-electron chi connectivity index (χ0n) is 15.2. The topological polar surface area (TPSA) is 79.4 Å². The summed E-state index contributed by atoms with van der Waals surface area (Å²) in [7, 11) is 1.49. The molecule has 27 heavy (non-hydrogen) atoms. The molecule has 2 N–H and O–H groups in total. The number of carbonyl (C=O) groups excluding carboxylic acids is 1. The van der Waals surface area contributed by atoms with Gasteiger partial charge in [0.1, 0.15) is 12.7 Å². The third-order valence-electron chi connectivity index (χ3n) is 4.15. The highest BCUT2D eigenvalue weighted by atomic mass is 19.1. The van der Waals surface area contributed by atoms with Crippen molar-refractivity contribution in [3.05, 3.63) is 70.8 Å². The number of nitrogens with zero attached hydrogens (tertiary/aromatic N) is 2. The van der Waals surface area contributed by atoms with E-state index in [0.717, 1.165) is 22.3 Å². The maximum Gasteiger partial charge on any atom is 0.262 e. The Bertz CT molecular complexity index is 991. The number of rotatable bonds is 5. The third kappa shape index (κ3) is 3.87. The van der Waals surface area contributed by atoms with Crippen LogP contribution in [0.15, 0.2) is 47.6 Å². The van der Waals surface area contributed by atoms with E-state index in [1.165, 1.54) is 7.11 Å². The van der Waals surface area contributed by atoms with Gasteiger partial charge >= 0.3 is 0 Å². The molecule has 3 rings (SSSR count). The molecule has 0 saturated heterocycles. The van der Waals surface area contributed by atoms with Crippen molar-refractivity contribution in [2.24, 2.45) is 5.16 Å². The molecule has 3 aromatic rings. The van der Waals surface area contributed by atoms with Crippen LogP contribution in [-0.2, 0) is 4.84 Å². The maximum absolute atomic E-state index is 13.8. The third-order valence-corrected chi connectivity index (χ3v) is 4.15.